The number of ether oxygens (including phenoxy) is 2. The zero-order valence-corrected chi connectivity index (χ0v) is 18.7. The Balaban J connectivity index is 1.56. The Bertz CT molecular complexity index is 1120. The van der Waals surface area contributed by atoms with E-state index in [2.05, 4.69) is 34.1 Å². The van der Waals surface area contributed by atoms with Crippen molar-refractivity contribution < 1.29 is 9.47 Å². The summed E-state index contributed by atoms with van der Waals surface area (Å²) in [6.07, 6.45) is 0.416. The van der Waals surface area contributed by atoms with Crippen molar-refractivity contribution in [2.24, 2.45) is 5.10 Å². The van der Waals surface area contributed by atoms with Crippen LogP contribution in [0.4, 0.5) is 0 Å². The van der Waals surface area contributed by atoms with Crippen LogP contribution in [0.2, 0.25) is 5.02 Å². The van der Waals surface area contributed by atoms with Gasteiger partial charge >= 0.3 is 0 Å². The quantitative estimate of drug-likeness (QED) is 0.412. The van der Waals surface area contributed by atoms with Crippen LogP contribution in [-0.2, 0) is 0 Å². The van der Waals surface area contributed by atoms with E-state index in [0.717, 1.165) is 44.8 Å². The minimum Gasteiger partial charge on any atom is -0.494 e. The molecule has 2 atom stereocenters. The molecule has 6 heteroatoms. The molecule has 4 nitrogen and oxygen atoms in total. The van der Waals surface area contributed by atoms with Crippen molar-refractivity contribution >= 4 is 33.2 Å². The fourth-order valence-corrected chi connectivity index (χ4v) is 4.63. The van der Waals surface area contributed by atoms with Gasteiger partial charge in [-0.3, -0.25) is 0 Å². The van der Waals surface area contributed by atoms with Crippen LogP contribution in [0.3, 0.4) is 0 Å². The molecule has 3 aromatic carbocycles. The van der Waals surface area contributed by atoms with E-state index in [1.807, 2.05) is 60.5 Å². The number of hydrogen-bond donors (Lipinski definition) is 0. The number of nitrogens with zero attached hydrogens (tertiary/aromatic N) is 2. The molecule has 0 aliphatic carbocycles. The van der Waals surface area contributed by atoms with E-state index in [9.17, 15) is 0 Å². The molecule has 0 radical (unpaired) electrons. The Hall–Kier alpha value is -2.50. The third-order valence-corrected chi connectivity index (χ3v) is 6.26. The van der Waals surface area contributed by atoms with Crippen molar-refractivity contribution in [3.05, 3.63) is 92.9 Å². The standard InChI is InChI=1S/C24H20BrClN2O2/c1-2-29-17-10-7-15(8-11-17)21-14-22-19-13-16(25)9-12-23(19)30-24(28(22)27-21)18-5-3-4-6-20(18)26/h3-13,22,24H,2,14H2,1H3/t22-,24+/m1/s1. The van der Waals surface area contributed by atoms with Gasteiger partial charge in [0.2, 0.25) is 6.23 Å². The number of hydrogen-bond acceptors (Lipinski definition) is 4. The van der Waals surface area contributed by atoms with Crippen molar-refractivity contribution in [2.45, 2.75) is 25.6 Å². The summed E-state index contributed by atoms with van der Waals surface area (Å²) >= 11 is 10.1. The second-order valence-electron chi connectivity index (χ2n) is 7.28. The van der Waals surface area contributed by atoms with Crippen molar-refractivity contribution in [1.82, 2.24) is 5.01 Å². The molecule has 2 aliphatic heterocycles. The van der Waals surface area contributed by atoms with Crippen LogP contribution in [0.5, 0.6) is 11.5 Å². The van der Waals surface area contributed by atoms with E-state index in [4.69, 9.17) is 26.2 Å². The topological polar surface area (TPSA) is 34.1 Å². The second kappa shape index (κ2) is 7.97. The maximum absolute atomic E-state index is 6.52. The highest BCUT2D eigenvalue weighted by molar-refractivity contribution is 9.10. The predicted molar refractivity (Wildman–Crippen MR) is 122 cm³/mol. The lowest BCUT2D eigenvalue weighted by Gasteiger charge is -2.38. The summed E-state index contributed by atoms with van der Waals surface area (Å²) in [4.78, 5) is 0. The van der Waals surface area contributed by atoms with Gasteiger partial charge in [0.15, 0.2) is 0 Å². The first-order chi connectivity index (χ1) is 14.6. The minimum absolute atomic E-state index is 0.0779. The Labute approximate surface area is 189 Å². The molecule has 2 aliphatic rings. The van der Waals surface area contributed by atoms with Crippen LogP contribution in [0.1, 0.15) is 42.3 Å². The zero-order valence-electron chi connectivity index (χ0n) is 16.4. The lowest BCUT2D eigenvalue weighted by atomic mass is 9.96. The first kappa shape index (κ1) is 19.5. The Morgan fingerprint density at radius 1 is 1.10 bits per heavy atom. The SMILES string of the molecule is CCOc1ccc(C2=NN3[C@H](C2)c2cc(Br)ccc2O[C@H]3c2ccccc2Cl)cc1. The highest BCUT2D eigenvalue weighted by Gasteiger charge is 2.41. The number of hydrazone groups is 1. The van der Waals surface area contributed by atoms with Crippen molar-refractivity contribution in [3.63, 3.8) is 0 Å². The van der Waals surface area contributed by atoms with Gasteiger partial charge in [0.1, 0.15) is 11.5 Å². The van der Waals surface area contributed by atoms with Gasteiger partial charge < -0.3 is 9.47 Å². The summed E-state index contributed by atoms with van der Waals surface area (Å²) in [6.45, 7) is 2.63. The van der Waals surface area contributed by atoms with Crippen LogP contribution in [-0.4, -0.2) is 17.3 Å². The largest absolute Gasteiger partial charge is 0.494 e. The first-order valence-electron chi connectivity index (χ1n) is 9.93. The molecule has 2 heterocycles. The summed E-state index contributed by atoms with van der Waals surface area (Å²) in [5.41, 5.74) is 4.14. The highest BCUT2D eigenvalue weighted by Crippen LogP contribution is 2.49. The molecule has 0 saturated heterocycles. The van der Waals surface area contributed by atoms with Gasteiger partial charge in [-0.2, -0.15) is 5.10 Å². The third-order valence-electron chi connectivity index (χ3n) is 5.42. The lowest BCUT2D eigenvalue weighted by molar-refractivity contribution is -0.0190. The number of rotatable bonds is 4. The minimum atomic E-state index is -0.377. The van der Waals surface area contributed by atoms with Crippen LogP contribution in [0.15, 0.2) is 76.3 Å². The van der Waals surface area contributed by atoms with Gasteiger partial charge in [0, 0.05) is 27.0 Å². The molecular formula is C24H20BrClN2O2. The third kappa shape index (κ3) is 3.46. The van der Waals surface area contributed by atoms with Gasteiger partial charge in [-0.15, -0.1) is 0 Å². The Morgan fingerprint density at radius 2 is 1.90 bits per heavy atom. The Morgan fingerprint density at radius 3 is 2.67 bits per heavy atom. The van der Waals surface area contributed by atoms with E-state index in [0.29, 0.717) is 11.6 Å². The van der Waals surface area contributed by atoms with Crippen molar-refractivity contribution in [3.8, 4) is 11.5 Å². The normalized spacial score (nSPS) is 19.6. The van der Waals surface area contributed by atoms with Crippen molar-refractivity contribution in [1.29, 1.82) is 0 Å². The van der Waals surface area contributed by atoms with E-state index in [1.54, 1.807) is 0 Å². The number of halogens is 2. The monoisotopic (exact) mass is 482 g/mol. The maximum Gasteiger partial charge on any atom is 0.215 e. The average molecular weight is 484 g/mol. The summed E-state index contributed by atoms with van der Waals surface area (Å²) in [7, 11) is 0. The predicted octanol–water partition coefficient (Wildman–Crippen LogP) is 6.74. The molecule has 0 unspecified atom stereocenters. The second-order valence-corrected chi connectivity index (χ2v) is 8.60. The molecule has 0 amide bonds. The summed E-state index contributed by atoms with van der Waals surface area (Å²) in [5, 5.41) is 7.71. The van der Waals surface area contributed by atoms with E-state index in [-0.39, 0.29) is 12.3 Å². The maximum atomic E-state index is 6.52. The van der Waals surface area contributed by atoms with E-state index < -0.39 is 0 Å². The van der Waals surface area contributed by atoms with E-state index in [1.165, 1.54) is 0 Å². The molecular weight excluding hydrogens is 464 g/mol. The molecule has 3 aromatic rings. The molecule has 30 heavy (non-hydrogen) atoms. The molecule has 0 bridgehead atoms. The number of benzene rings is 3. The highest BCUT2D eigenvalue weighted by atomic mass is 79.9. The van der Waals surface area contributed by atoms with Crippen LogP contribution in [0.25, 0.3) is 0 Å². The fourth-order valence-electron chi connectivity index (χ4n) is 4.02. The van der Waals surface area contributed by atoms with E-state index >= 15 is 0 Å². The molecule has 0 spiro atoms. The fraction of sp³-hybridized carbons (Fsp3) is 0.208. The lowest BCUT2D eigenvalue weighted by Crippen LogP contribution is -2.33. The van der Waals surface area contributed by atoms with Gasteiger partial charge in [-0.25, -0.2) is 5.01 Å². The smallest absolute Gasteiger partial charge is 0.215 e. The zero-order chi connectivity index (χ0) is 20.7. The van der Waals surface area contributed by atoms with Gasteiger partial charge in [-0.05, 0) is 61.0 Å². The Kier molecular flexibility index (Phi) is 5.17. The summed E-state index contributed by atoms with van der Waals surface area (Å²) in [5.74, 6) is 1.73. The number of fused-ring (bicyclic) bond motifs is 3. The summed E-state index contributed by atoms with van der Waals surface area (Å²) < 4.78 is 13.0. The van der Waals surface area contributed by atoms with Gasteiger partial charge in [-0.1, -0.05) is 45.7 Å². The molecule has 0 aromatic heterocycles. The molecule has 0 saturated carbocycles. The molecule has 0 fully saturated rings. The van der Waals surface area contributed by atoms with Crippen molar-refractivity contribution in [2.75, 3.05) is 6.61 Å². The van der Waals surface area contributed by atoms with Gasteiger partial charge in [0.05, 0.1) is 18.4 Å². The average Bonchev–Trinajstić information content (AvgIpc) is 3.20. The van der Waals surface area contributed by atoms with Crippen LogP contribution in [0, 0.1) is 0 Å². The first-order valence-corrected chi connectivity index (χ1v) is 11.1. The van der Waals surface area contributed by atoms with Gasteiger partial charge in [0.25, 0.3) is 0 Å². The molecule has 152 valence electrons. The molecule has 0 N–H and O–H groups in total. The molecule has 5 rings (SSSR count). The van der Waals surface area contributed by atoms with Crippen LogP contribution < -0.4 is 9.47 Å². The summed E-state index contributed by atoms with van der Waals surface area (Å²) in [6, 6.07) is 22.1. The van der Waals surface area contributed by atoms with Crippen LogP contribution >= 0.6 is 27.5 Å².